The zero-order chi connectivity index (χ0) is 29.5. The summed E-state index contributed by atoms with van der Waals surface area (Å²) in [6.45, 7) is 13.8. The zero-order valence-corrected chi connectivity index (χ0v) is 27.2. The predicted octanol–water partition coefficient (Wildman–Crippen LogP) is 12.1. The Morgan fingerprint density at radius 1 is 0.850 bits per heavy atom. The Morgan fingerprint density at radius 3 is 2.12 bits per heavy atom. The molecule has 0 unspecified atom stereocenters. The molecule has 0 fully saturated rings. The maximum absolute atomic E-state index is 12.0. The largest absolute Gasteiger partial charge is 0.461 e. The van der Waals surface area contributed by atoms with E-state index in [1.54, 1.807) is 0 Å². The molecule has 1 rings (SSSR count). The smallest absolute Gasteiger partial charge is 0.306 e. The van der Waals surface area contributed by atoms with Crippen LogP contribution in [0.3, 0.4) is 0 Å². The molecule has 0 saturated heterocycles. The number of ether oxygens (including phenoxy) is 1. The van der Waals surface area contributed by atoms with Gasteiger partial charge in [-0.05, 0) is 89.2 Å². The molecule has 1 aliphatic carbocycles. The number of unbranched alkanes of at least 4 members (excludes halogenated alkanes) is 11. The summed E-state index contributed by atoms with van der Waals surface area (Å²) in [5.74, 6) is -0.0817. The van der Waals surface area contributed by atoms with Crippen molar-refractivity contribution in [1.82, 2.24) is 0 Å². The van der Waals surface area contributed by atoms with Crippen LogP contribution in [0.15, 0.2) is 70.9 Å². The van der Waals surface area contributed by atoms with Crippen LogP contribution in [0.5, 0.6) is 0 Å². The first-order chi connectivity index (χ1) is 19.3. The lowest BCUT2D eigenvalue weighted by Gasteiger charge is -2.32. The fourth-order valence-corrected chi connectivity index (χ4v) is 5.38. The molecule has 0 aromatic carbocycles. The van der Waals surface area contributed by atoms with Crippen molar-refractivity contribution in [2.75, 3.05) is 6.61 Å². The van der Waals surface area contributed by atoms with Crippen molar-refractivity contribution < 1.29 is 9.53 Å². The Morgan fingerprint density at radius 2 is 1.48 bits per heavy atom. The van der Waals surface area contributed by atoms with Crippen LogP contribution in [0.25, 0.3) is 0 Å². The monoisotopic (exact) mass is 550 g/mol. The van der Waals surface area contributed by atoms with E-state index in [-0.39, 0.29) is 11.4 Å². The van der Waals surface area contributed by atoms with E-state index in [4.69, 9.17) is 4.74 Å². The number of carbonyl (C=O) groups is 1. The molecular weight excluding hydrogens is 488 g/mol. The van der Waals surface area contributed by atoms with Crippen molar-refractivity contribution in [3.8, 4) is 0 Å². The van der Waals surface area contributed by atoms with Gasteiger partial charge in [0.1, 0.15) is 6.61 Å². The van der Waals surface area contributed by atoms with Gasteiger partial charge in [-0.3, -0.25) is 4.79 Å². The molecule has 0 aromatic heterocycles. The Kier molecular flexibility index (Phi) is 20.3. The average molecular weight is 551 g/mol. The Bertz CT molecular complexity index is 875. The Labute approximate surface area is 248 Å². The average Bonchev–Trinajstić information content (AvgIpc) is 2.90. The molecule has 0 amide bonds. The van der Waals surface area contributed by atoms with Gasteiger partial charge in [-0.2, -0.15) is 0 Å². The van der Waals surface area contributed by atoms with Gasteiger partial charge in [-0.1, -0.05) is 131 Å². The number of esters is 1. The quantitative estimate of drug-likeness (QED) is 0.0615. The van der Waals surface area contributed by atoms with Crippen LogP contribution >= 0.6 is 0 Å². The highest BCUT2D eigenvalue weighted by Crippen LogP contribution is 2.40. The number of hydrogen-bond acceptors (Lipinski definition) is 2. The lowest BCUT2D eigenvalue weighted by Crippen LogP contribution is -2.19. The maximum Gasteiger partial charge on any atom is 0.306 e. The van der Waals surface area contributed by atoms with Gasteiger partial charge in [0.05, 0.1) is 0 Å². The predicted molar refractivity (Wildman–Crippen MR) is 177 cm³/mol. The summed E-state index contributed by atoms with van der Waals surface area (Å²) in [5, 5.41) is 0. The SMILES string of the molecule is CCCCCCCC/C=C\CCCCCCCC(=O)OCC=C(C)/C=C\C=C(C)C=CC1=C(C)CCCC1(C)C. The Hall–Kier alpha value is -2.09. The van der Waals surface area contributed by atoms with E-state index in [2.05, 4.69) is 77.2 Å². The van der Waals surface area contributed by atoms with Crippen molar-refractivity contribution in [1.29, 1.82) is 0 Å². The zero-order valence-electron chi connectivity index (χ0n) is 27.2. The number of hydrogen-bond donors (Lipinski definition) is 0. The summed E-state index contributed by atoms with van der Waals surface area (Å²) in [7, 11) is 0. The molecule has 0 heterocycles. The van der Waals surface area contributed by atoms with Crippen LogP contribution in [0.1, 0.15) is 151 Å². The molecule has 0 aliphatic heterocycles. The van der Waals surface area contributed by atoms with Crippen LogP contribution in [0.4, 0.5) is 0 Å². The minimum atomic E-state index is -0.0817. The lowest BCUT2D eigenvalue weighted by atomic mass is 9.72. The first-order valence-corrected chi connectivity index (χ1v) is 16.5. The fourth-order valence-electron chi connectivity index (χ4n) is 5.38. The van der Waals surface area contributed by atoms with Crippen LogP contribution < -0.4 is 0 Å². The second-order valence-electron chi connectivity index (χ2n) is 12.5. The number of carbonyl (C=O) groups excluding carboxylic acids is 1. The minimum absolute atomic E-state index is 0.0817. The van der Waals surface area contributed by atoms with E-state index < -0.39 is 0 Å². The first kappa shape index (κ1) is 35.9. The van der Waals surface area contributed by atoms with Gasteiger partial charge in [0.15, 0.2) is 0 Å². The summed E-state index contributed by atoms with van der Waals surface area (Å²) in [6.07, 6.45) is 38.3. The fraction of sp³-hybridized carbons (Fsp3) is 0.658. The molecule has 40 heavy (non-hydrogen) atoms. The molecule has 0 N–H and O–H groups in total. The van der Waals surface area contributed by atoms with Gasteiger partial charge < -0.3 is 4.74 Å². The highest BCUT2D eigenvalue weighted by molar-refractivity contribution is 5.69. The number of rotatable bonds is 21. The summed E-state index contributed by atoms with van der Waals surface area (Å²) in [4.78, 5) is 12.0. The van der Waals surface area contributed by atoms with E-state index in [1.807, 2.05) is 13.0 Å². The molecule has 226 valence electrons. The minimum Gasteiger partial charge on any atom is -0.461 e. The normalized spacial score (nSPS) is 16.6. The van der Waals surface area contributed by atoms with Crippen LogP contribution in [-0.4, -0.2) is 12.6 Å². The molecule has 0 aromatic rings. The van der Waals surface area contributed by atoms with Crippen molar-refractivity contribution >= 4 is 5.97 Å². The van der Waals surface area contributed by atoms with Gasteiger partial charge in [0.25, 0.3) is 0 Å². The van der Waals surface area contributed by atoms with Gasteiger partial charge in [0, 0.05) is 6.42 Å². The van der Waals surface area contributed by atoms with E-state index in [1.165, 1.54) is 107 Å². The Balaban J connectivity index is 2.11. The van der Waals surface area contributed by atoms with Crippen LogP contribution in [0, 0.1) is 5.41 Å². The lowest BCUT2D eigenvalue weighted by molar-refractivity contribution is -0.142. The van der Waals surface area contributed by atoms with Crippen molar-refractivity contribution in [2.45, 2.75) is 151 Å². The van der Waals surface area contributed by atoms with Gasteiger partial charge >= 0.3 is 5.97 Å². The van der Waals surface area contributed by atoms with Crippen LogP contribution in [-0.2, 0) is 9.53 Å². The summed E-state index contributed by atoms with van der Waals surface area (Å²) < 4.78 is 5.40. The highest BCUT2D eigenvalue weighted by Gasteiger charge is 2.26. The highest BCUT2D eigenvalue weighted by atomic mass is 16.5. The van der Waals surface area contributed by atoms with E-state index in [0.717, 1.165) is 18.4 Å². The molecule has 0 radical (unpaired) electrons. The second kappa shape index (κ2) is 22.6. The van der Waals surface area contributed by atoms with Crippen molar-refractivity contribution in [3.63, 3.8) is 0 Å². The van der Waals surface area contributed by atoms with E-state index in [0.29, 0.717) is 13.0 Å². The molecular formula is C38H62O2. The van der Waals surface area contributed by atoms with E-state index in [9.17, 15) is 4.79 Å². The van der Waals surface area contributed by atoms with Gasteiger partial charge in [0.2, 0.25) is 0 Å². The molecule has 0 atom stereocenters. The first-order valence-electron chi connectivity index (χ1n) is 16.5. The third kappa shape index (κ3) is 18.3. The molecule has 0 saturated carbocycles. The summed E-state index contributed by atoms with van der Waals surface area (Å²) in [6, 6.07) is 0. The molecule has 2 heteroatoms. The molecule has 2 nitrogen and oxygen atoms in total. The second-order valence-corrected chi connectivity index (χ2v) is 12.5. The van der Waals surface area contributed by atoms with Crippen molar-refractivity contribution in [3.05, 3.63) is 70.9 Å². The molecule has 1 aliphatic rings. The summed E-state index contributed by atoms with van der Waals surface area (Å²) >= 11 is 0. The van der Waals surface area contributed by atoms with Crippen molar-refractivity contribution in [2.24, 2.45) is 5.41 Å². The third-order valence-electron chi connectivity index (χ3n) is 8.07. The molecule has 0 bridgehead atoms. The molecule has 0 spiro atoms. The standard InChI is InChI=1S/C38H62O2/c1-7-8-9-10-11-12-13-14-15-16-17-18-19-20-21-27-37(39)40-32-30-34(3)25-22-24-33(2)28-29-36-35(4)26-23-31-38(36,5)6/h14-15,22,24-25,28-30H,7-13,16-21,23,26-27,31-32H2,1-6H3/b15-14-,25-22-,29-28?,33-24?,34-30?. The topological polar surface area (TPSA) is 26.3 Å². The summed E-state index contributed by atoms with van der Waals surface area (Å²) in [5.41, 5.74) is 5.64. The third-order valence-corrected chi connectivity index (χ3v) is 8.07. The van der Waals surface area contributed by atoms with E-state index >= 15 is 0 Å². The van der Waals surface area contributed by atoms with Crippen LogP contribution in [0.2, 0.25) is 0 Å². The van der Waals surface area contributed by atoms with Gasteiger partial charge in [-0.15, -0.1) is 0 Å². The number of allylic oxidation sites excluding steroid dienone is 11. The maximum atomic E-state index is 12.0. The van der Waals surface area contributed by atoms with Gasteiger partial charge in [-0.25, -0.2) is 0 Å².